The maximum absolute atomic E-state index is 12.6. The number of rotatable bonds is 6. The minimum absolute atomic E-state index is 0.0598. The summed E-state index contributed by atoms with van der Waals surface area (Å²) in [6.07, 6.45) is 0.928. The zero-order valence-corrected chi connectivity index (χ0v) is 17.3. The summed E-state index contributed by atoms with van der Waals surface area (Å²) in [6.45, 7) is 4.10. The number of anilines is 1. The molecule has 0 aliphatic carbocycles. The number of amides is 1. The molecule has 150 valence electrons. The van der Waals surface area contributed by atoms with Crippen molar-refractivity contribution in [1.82, 2.24) is 10.2 Å². The SMILES string of the molecule is CCOc1cc(NC(=NC)NCC(=O)N2CCc3sccc3C2)ccc1OC. The van der Waals surface area contributed by atoms with Gasteiger partial charge in [0.05, 0.1) is 20.3 Å². The maximum Gasteiger partial charge on any atom is 0.242 e. The van der Waals surface area contributed by atoms with Gasteiger partial charge in [0.25, 0.3) is 0 Å². The molecular weight excluding hydrogens is 376 g/mol. The van der Waals surface area contributed by atoms with E-state index in [0.29, 0.717) is 30.6 Å². The maximum atomic E-state index is 12.6. The number of ether oxygens (including phenoxy) is 2. The number of nitrogens with one attached hydrogen (secondary N) is 2. The first kappa shape index (κ1) is 20.0. The smallest absolute Gasteiger partial charge is 0.242 e. The van der Waals surface area contributed by atoms with E-state index in [4.69, 9.17) is 9.47 Å². The highest BCUT2D eigenvalue weighted by molar-refractivity contribution is 7.10. The Morgan fingerprint density at radius 2 is 2.18 bits per heavy atom. The largest absolute Gasteiger partial charge is 0.493 e. The lowest BCUT2D eigenvalue weighted by Gasteiger charge is -2.27. The van der Waals surface area contributed by atoms with Crippen molar-refractivity contribution < 1.29 is 14.3 Å². The zero-order valence-electron chi connectivity index (χ0n) is 16.4. The van der Waals surface area contributed by atoms with Crippen LogP contribution in [0.1, 0.15) is 17.4 Å². The molecule has 1 aromatic heterocycles. The molecule has 2 aromatic rings. The van der Waals surface area contributed by atoms with Crippen LogP contribution in [0.15, 0.2) is 34.6 Å². The monoisotopic (exact) mass is 402 g/mol. The predicted octanol–water partition coefficient (Wildman–Crippen LogP) is 2.73. The molecule has 0 atom stereocenters. The van der Waals surface area contributed by atoms with E-state index in [2.05, 4.69) is 27.1 Å². The van der Waals surface area contributed by atoms with Crippen LogP contribution in [0.5, 0.6) is 11.5 Å². The van der Waals surface area contributed by atoms with Gasteiger partial charge >= 0.3 is 0 Å². The first-order valence-corrected chi connectivity index (χ1v) is 10.1. The fourth-order valence-electron chi connectivity index (χ4n) is 3.07. The molecule has 0 bridgehead atoms. The van der Waals surface area contributed by atoms with E-state index >= 15 is 0 Å². The van der Waals surface area contributed by atoms with Gasteiger partial charge in [0.2, 0.25) is 5.91 Å². The highest BCUT2D eigenvalue weighted by Gasteiger charge is 2.21. The van der Waals surface area contributed by atoms with Crippen LogP contribution in [0.2, 0.25) is 0 Å². The fourth-order valence-corrected chi connectivity index (χ4v) is 3.96. The van der Waals surface area contributed by atoms with Crippen molar-refractivity contribution in [2.75, 3.05) is 39.2 Å². The number of hydrogen-bond donors (Lipinski definition) is 2. The quantitative estimate of drug-likeness (QED) is 0.574. The summed E-state index contributed by atoms with van der Waals surface area (Å²) in [5.41, 5.74) is 2.06. The number of hydrogen-bond acceptors (Lipinski definition) is 5. The summed E-state index contributed by atoms with van der Waals surface area (Å²) in [4.78, 5) is 20.0. The molecule has 7 nitrogen and oxygen atoms in total. The van der Waals surface area contributed by atoms with Crippen LogP contribution in [0.3, 0.4) is 0 Å². The van der Waals surface area contributed by atoms with Crippen LogP contribution in [-0.4, -0.2) is 50.6 Å². The number of methoxy groups -OCH3 is 1. The summed E-state index contributed by atoms with van der Waals surface area (Å²) >= 11 is 1.77. The van der Waals surface area contributed by atoms with Gasteiger partial charge in [-0.25, -0.2) is 0 Å². The molecule has 0 fully saturated rings. The Hall–Kier alpha value is -2.74. The number of aliphatic imine (C=N–C) groups is 1. The van der Waals surface area contributed by atoms with Crippen molar-refractivity contribution in [3.63, 3.8) is 0 Å². The molecule has 1 aliphatic heterocycles. The second-order valence-corrected chi connectivity index (χ2v) is 7.28. The van der Waals surface area contributed by atoms with Gasteiger partial charge < -0.3 is 25.0 Å². The molecule has 8 heteroatoms. The second-order valence-electron chi connectivity index (χ2n) is 6.28. The molecule has 0 unspecified atom stereocenters. The number of fused-ring (bicyclic) bond motifs is 1. The van der Waals surface area contributed by atoms with Crippen LogP contribution < -0.4 is 20.1 Å². The Morgan fingerprint density at radius 1 is 1.32 bits per heavy atom. The molecule has 1 aromatic carbocycles. The van der Waals surface area contributed by atoms with Gasteiger partial charge in [-0.15, -0.1) is 11.3 Å². The average molecular weight is 403 g/mol. The number of guanidine groups is 1. The van der Waals surface area contributed by atoms with Gasteiger partial charge in [0, 0.05) is 36.8 Å². The van der Waals surface area contributed by atoms with Crippen LogP contribution in [0.25, 0.3) is 0 Å². The molecule has 0 radical (unpaired) electrons. The van der Waals surface area contributed by atoms with Crippen molar-refractivity contribution in [2.45, 2.75) is 19.9 Å². The number of benzene rings is 1. The third kappa shape index (κ3) is 4.75. The molecule has 0 spiro atoms. The van der Waals surface area contributed by atoms with Gasteiger partial charge in [-0.3, -0.25) is 9.79 Å². The third-order valence-corrected chi connectivity index (χ3v) is 5.54. The van der Waals surface area contributed by atoms with E-state index in [0.717, 1.165) is 18.7 Å². The predicted molar refractivity (Wildman–Crippen MR) is 113 cm³/mol. The van der Waals surface area contributed by atoms with Crippen molar-refractivity contribution in [3.05, 3.63) is 40.1 Å². The summed E-state index contributed by atoms with van der Waals surface area (Å²) in [5.74, 6) is 1.91. The normalized spacial score (nSPS) is 13.7. The summed E-state index contributed by atoms with van der Waals surface area (Å²) in [7, 11) is 3.28. The van der Waals surface area contributed by atoms with Crippen LogP contribution in [0.4, 0.5) is 5.69 Å². The van der Waals surface area contributed by atoms with Crippen molar-refractivity contribution >= 4 is 28.9 Å². The molecule has 3 rings (SSSR count). The fraction of sp³-hybridized carbons (Fsp3) is 0.400. The molecular formula is C20H26N4O3S. The Kier molecular flexibility index (Phi) is 6.76. The van der Waals surface area contributed by atoms with E-state index in [1.54, 1.807) is 25.5 Å². The summed E-state index contributed by atoms with van der Waals surface area (Å²) < 4.78 is 10.9. The molecule has 28 heavy (non-hydrogen) atoms. The van der Waals surface area contributed by atoms with Crippen LogP contribution >= 0.6 is 11.3 Å². The highest BCUT2D eigenvalue weighted by atomic mass is 32.1. The topological polar surface area (TPSA) is 75.2 Å². The van der Waals surface area contributed by atoms with Gasteiger partial charge in [-0.05, 0) is 42.5 Å². The van der Waals surface area contributed by atoms with Gasteiger partial charge in [-0.1, -0.05) is 0 Å². The molecule has 1 aliphatic rings. The van der Waals surface area contributed by atoms with Gasteiger partial charge in [0.15, 0.2) is 17.5 Å². The Labute approximate surface area is 169 Å². The van der Waals surface area contributed by atoms with Gasteiger partial charge in [0.1, 0.15) is 0 Å². The Bertz CT molecular complexity index is 850. The highest BCUT2D eigenvalue weighted by Crippen LogP contribution is 2.30. The lowest BCUT2D eigenvalue weighted by molar-refractivity contribution is -0.130. The summed E-state index contributed by atoms with van der Waals surface area (Å²) in [6, 6.07) is 7.66. The number of carbonyl (C=O) groups is 1. The van der Waals surface area contributed by atoms with Crippen molar-refractivity contribution in [1.29, 1.82) is 0 Å². The lowest BCUT2D eigenvalue weighted by Crippen LogP contribution is -2.43. The number of carbonyl (C=O) groups excluding carboxylic acids is 1. The van der Waals surface area contributed by atoms with E-state index in [1.165, 1.54) is 10.4 Å². The Morgan fingerprint density at radius 3 is 2.93 bits per heavy atom. The number of thiophene rings is 1. The molecule has 2 heterocycles. The molecule has 2 N–H and O–H groups in total. The van der Waals surface area contributed by atoms with Crippen molar-refractivity contribution in [3.8, 4) is 11.5 Å². The van der Waals surface area contributed by atoms with E-state index in [1.807, 2.05) is 30.0 Å². The zero-order chi connectivity index (χ0) is 19.9. The summed E-state index contributed by atoms with van der Waals surface area (Å²) in [5, 5.41) is 8.37. The molecule has 1 amide bonds. The Balaban J connectivity index is 1.56. The molecule has 0 saturated carbocycles. The first-order chi connectivity index (χ1) is 13.6. The van der Waals surface area contributed by atoms with Gasteiger partial charge in [-0.2, -0.15) is 0 Å². The minimum atomic E-state index is 0.0598. The first-order valence-electron chi connectivity index (χ1n) is 9.26. The van der Waals surface area contributed by atoms with E-state index in [-0.39, 0.29) is 12.5 Å². The van der Waals surface area contributed by atoms with E-state index < -0.39 is 0 Å². The lowest BCUT2D eigenvalue weighted by atomic mass is 10.1. The average Bonchev–Trinajstić information content (AvgIpc) is 3.19. The van der Waals surface area contributed by atoms with Crippen LogP contribution in [0, 0.1) is 0 Å². The number of nitrogens with zero attached hydrogens (tertiary/aromatic N) is 2. The van der Waals surface area contributed by atoms with E-state index in [9.17, 15) is 4.79 Å². The second kappa shape index (κ2) is 9.45. The minimum Gasteiger partial charge on any atom is -0.493 e. The van der Waals surface area contributed by atoms with Crippen LogP contribution in [-0.2, 0) is 17.8 Å². The molecule has 0 saturated heterocycles. The third-order valence-electron chi connectivity index (χ3n) is 4.52. The van der Waals surface area contributed by atoms with Crippen molar-refractivity contribution in [2.24, 2.45) is 4.99 Å². The standard InChI is InChI=1S/C20H26N4O3S/c1-4-27-17-11-15(5-6-16(17)26-3)23-20(21-2)22-12-19(25)24-9-7-18-14(13-24)8-10-28-18/h5-6,8,10-11H,4,7,9,12-13H2,1-3H3,(H2,21,22,23).